The van der Waals surface area contributed by atoms with Crippen LogP contribution in [0.4, 0.5) is 18.9 Å². The number of hydrogen-bond donors (Lipinski definition) is 2. The number of aromatic nitrogens is 1. The molecule has 12 heteroatoms. The van der Waals surface area contributed by atoms with Crippen LogP contribution in [0.1, 0.15) is 66.1 Å². The number of anilines is 1. The number of likely N-dealkylation sites (tertiary alicyclic amines) is 1. The Bertz CT molecular complexity index is 1210. The molecule has 236 valence electrons. The number of nitrogens with zero attached hydrogens (tertiary/aromatic N) is 2. The number of benzene rings is 1. The van der Waals surface area contributed by atoms with Crippen LogP contribution in [-0.4, -0.2) is 86.4 Å². The normalized spacial score (nSPS) is 25.4. The third-order valence-electron chi connectivity index (χ3n) is 8.64. The first-order valence-corrected chi connectivity index (χ1v) is 15.1. The summed E-state index contributed by atoms with van der Waals surface area (Å²) in [6, 6.07) is 6.46. The van der Waals surface area contributed by atoms with Crippen LogP contribution in [0.3, 0.4) is 0 Å². The molecule has 1 aromatic carbocycles. The molecule has 3 saturated heterocycles. The second-order valence-corrected chi connectivity index (χ2v) is 11.5. The number of pyridine rings is 1. The van der Waals surface area contributed by atoms with Crippen LogP contribution in [0.2, 0.25) is 0 Å². The number of amides is 1. The highest BCUT2D eigenvalue weighted by Crippen LogP contribution is 2.33. The van der Waals surface area contributed by atoms with Gasteiger partial charge in [0, 0.05) is 51.6 Å². The van der Waals surface area contributed by atoms with E-state index in [1.807, 2.05) is 11.8 Å². The standard InChI is InChI=1S/C31H41F3N4O5/c1-20-25(30(39)38-13-10-22(11-14-38)37-26-12-15-41-19-29(26)40-2)17-35-18-27(20)36-16-24-4-3-5-28(42-24)21-6-8-23(9-7-21)43-31(32,33)34/h6-9,17-18,22,24,26,28-29,36-37H,3-5,10-16,19H2,1-2H3/t24-,26+,28+,29-/m1/s1. The summed E-state index contributed by atoms with van der Waals surface area (Å²) in [4.78, 5) is 19.7. The first-order valence-electron chi connectivity index (χ1n) is 15.1. The fraction of sp³-hybridized carbons (Fsp3) is 0.613. The second kappa shape index (κ2) is 14.2. The molecule has 43 heavy (non-hydrogen) atoms. The van der Waals surface area contributed by atoms with Gasteiger partial charge < -0.3 is 34.5 Å². The van der Waals surface area contributed by atoms with Crippen LogP contribution in [0.25, 0.3) is 0 Å². The number of piperidine rings is 1. The number of rotatable bonds is 9. The van der Waals surface area contributed by atoms with Gasteiger partial charge in [0.05, 0.1) is 42.4 Å². The first-order chi connectivity index (χ1) is 20.7. The lowest BCUT2D eigenvalue weighted by Gasteiger charge is -2.38. The number of hydrogen-bond acceptors (Lipinski definition) is 8. The molecule has 9 nitrogen and oxygen atoms in total. The van der Waals surface area contributed by atoms with Crippen molar-refractivity contribution >= 4 is 11.6 Å². The molecule has 2 aromatic rings. The number of alkyl halides is 3. The van der Waals surface area contributed by atoms with Crippen molar-refractivity contribution in [2.24, 2.45) is 0 Å². The van der Waals surface area contributed by atoms with Crippen LogP contribution in [0.15, 0.2) is 36.7 Å². The van der Waals surface area contributed by atoms with E-state index in [9.17, 15) is 18.0 Å². The third-order valence-corrected chi connectivity index (χ3v) is 8.64. The van der Waals surface area contributed by atoms with Gasteiger partial charge in [-0.25, -0.2) is 0 Å². The SMILES string of the molecule is CO[C@@H]1COCC[C@@H]1NC1CCN(C(=O)c2cncc(NC[C@H]3CCC[C@@H](c4ccc(OC(F)(F)F)cc4)O3)c2C)CC1. The highest BCUT2D eigenvalue weighted by atomic mass is 19.4. The summed E-state index contributed by atoms with van der Waals surface area (Å²) in [5.41, 5.74) is 3.03. The molecule has 1 amide bonds. The van der Waals surface area contributed by atoms with Crippen LogP contribution >= 0.6 is 0 Å². The van der Waals surface area contributed by atoms with Gasteiger partial charge in [-0.3, -0.25) is 9.78 Å². The molecule has 5 rings (SSSR count). The predicted octanol–water partition coefficient (Wildman–Crippen LogP) is 5.01. The smallest absolute Gasteiger partial charge is 0.406 e. The van der Waals surface area contributed by atoms with Gasteiger partial charge in [0.15, 0.2) is 0 Å². The predicted molar refractivity (Wildman–Crippen MR) is 154 cm³/mol. The minimum absolute atomic E-state index is 0.0140. The van der Waals surface area contributed by atoms with Gasteiger partial charge in [0.25, 0.3) is 5.91 Å². The molecule has 0 spiro atoms. The number of methoxy groups -OCH3 is 1. The van der Waals surface area contributed by atoms with E-state index < -0.39 is 6.36 Å². The average Bonchev–Trinajstić information content (AvgIpc) is 3.01. The van der Waals surface area contributed by atoms with Gasteiger partial charge in [-0.2, -0.15) is 0 Å². The summed E-state index contributed by atoms with van der Waals surface area (Å²) in [7, 11) is 1.72. The summed E-state index contributed by atoms with van der Waals surface area (Å²) in [6.45, 7) is 5.14. The zero-order valence-electron chi connectivity index (χ0n) is 24.7. The molecule has 0 bridgehead atoms. The maximum Gasteiger partial charge on any atom is 0.573 e. The quantitative estimate of drug-likeness (QED) is 0.412. The van der Waals surface area contributed by atoms with Gasteiger partial charge in [-0.15, -0.1) is 13.2 Å². The lowest BCUT2D eigenvalue weighted by molar-refractivity contribution is -0.274. The Labute approximate surface area is 250 Å². The first kappa shape index (κ1) is 31.5. The van der Waals surface area contributed by atoms with E-state index in [2.05, 4.69) is 20.4 Å². The molecule has 0 unspecified atom stereocenters. The number of carbonyl (C=O) groups excluding carboxylic acids is 1. The Kier molecular flexibility index (Phi) is 10.4. The molecule has 0 radical (unpaired) electrons. The van der Waals surface area contributed by atoms with E-state index in [0.717, 1.165) is 61.9 Å². The van der Waals surface area contributed by atoms with E-state index in [-0.39, 0.29) is 36.0 Å². The van der Waals surface area contributed by atoms with Crippen molar-refractivity contribution in [2.45, 2.75) is 82.2 Å². The van der Waals surface area contributed by atoms with Crippen molar-refractivity contribution in [1.82, 2.24) is 15.2 Å². The zero-order valence-corrected chi connectivity index (χ0v) is 24.7. The van der Waals surface area contributed by atoms with Crippen LogP contribution in [-0.2, 0) is 14.2 Å². The van der Waals surface area contributed by atoms with Gasteiger partial charge in [0.2, 0.25) is 0 Å². The lowest BCUT2D eigenvalue weighted by Crippen LogP contribution is -2.54. The molecule has 3 aliphatic heterocycles. The van der Waals surface area contributed by atoms with E-state index in [1.54, 1.807) is 31.6 Å². The highest BCUT2D eigenvalue weighted by molar-refractivity contribution is 5.96. The molecule has 1 aromatic heterocycles. The molecule has 3 aliphatic rings. The van der Waals surface area contributed by atoms with Crippen molar-refractivity contribution in [3.63, 3.8) is 0 Å². The van der Waals surface area contributed by atoms with Gasteiger partial charge >= 0.3 is 6.36 Å². The van der Waals surface area contributed by atoms with E-state index in [4.69, 9.17) is 14.2 Å². The van der Waals surface area contributed by atoms with Crippen molar-refractivity contribution in [3.8, 4) is 5.75 Å². The number of halogens is 3. The van der Waals surface area contributed by atoms with Gasteiger partial charge in [-0.1, -0.05) is 12.1 Å². The molecular formula is C31H41F3N4O5. The maximum absolute atomic E-state index is 13.5. The number of nitrogens with one attached hydrogen (secondary N) is 2. The summed E-state index contributed by atoms with van der Waals surface area (Å²) in [6.07, 6.45) is 3.63. The second-order valence-electron chi connectivity index (χ2n) is 11.5. The Morgan fingerprint density at radius 3 is 2.58 bits per heavy atom. The molecule has 4 heterocycles. The molecule has 0 aliphatic carbocycles. The fourth-order valence-corrected chi connectivity index (χ4v) is 6.18. The molecule has 2 N–H and O–H groups in total. The van der Waals surface area contributed by atoms with Crippen molar-refractivity contribution in [3.05, 3.63) is 53.3 Å². The average molecular weight is 607 g/mol. The van der Waals surface area contributed by atoms with Gasteiger partial charge in [0.1, 0.15) is 5.75 Å². The Morgan fingerprint density at radius 2 is 1.86 bits per heavy atom. The Balaban J connectivity index is 1.12. The monoisotopic (exact) mass is 606 g/mol. The zero-order chi connectivity index (χ0) is 30.4. The minimum Gasteiger partial charge on any atom is -0.406 e. The summed E-state index contributed by atoms with van der Waals surface area (Å²) in [5, 5.41) is 7.14. The number of carbonyl (C=O) groups is 1. The van der Waals surface area contributed by atoms with E-state index >= 15 is 0 Å². The number of ether oxygens (including phenoxy) is 4. The Morgan fingerprint density at radius 1 is 1.09 bits per heavy atom. The largest absolute Gasteiger partial charge is 0.573 e. The van der Waals surface area contributed by atoms with E-state index in [0.29, 0.717) is 37.8 Å². The van der Waals surface area contributed by atoms with Crippen molar-refractivity contribution < 1.29 is 36.9 Å². The molecule has 4 atom stereocenters. The topological polar surface area (TPSA) is 94.2 Å². The lowest BCUT2D eigenvalue weighted by atomic mass is 9.98. The highest BCUT2D eigenvalue weighted by Gasteiger charge is 2.32. The summed E-state index contributed by atoms with van der Waals surface area (Å²) >= 11 is 0. The van der Waals surface area contributed by atoms with Crippen molar-refractivity contribution in [1.29, 1.82) is 0 Å². The summed E-state index contributed by atoms with van der Waals surface area (Å²) in [5.74, 6) is -0.265. The van der Waals surface area contributed by atoms with Crippen molar-refractivity contribution in [2.75, 3.05) is 45.3 Å². The Hall–Kier alpha value is -2.93. The molecule has 3 fully saturated rings. The maximum atomic E-state index is 13.5. The van der Waals surface area contributed by atoms with Crippen LogP contribution in [0, 0.1) is 6.92 Å². The fourth-order valence-electron chi connectivity index (χ4n) is 6.18. The van der Waals surface area contributed by atoms with Crippen LogP contribution < -0.4 is 15.4 Å². The molecule has 0 saturated carbocycles. The third kappa shape index (κ3) is 8.37. The van der Waals surface area contributed by atoms with Gasteiger partial charge in [-0.05, 0) is 68.7 Å². The molecular weight excluding hydrogens is 565 g/mol. The minimum atomic E-state index is -4.72. The van der Waals surface area contributed by atoms with E-state index in [1.165, 1.54) is 12.1 Å². The summed E-state index contributed by atoms with van der Waals surface area (Å²) < 4.78 is 58.8. The van der Waals surface area contributed by atoms with Crippen LogP contribution in [0.5, 0.6) is 5.75 Å².